The van der Waals surface area contributed by atoms with Crippen molar-refractivity contribution in [1.82, 2.24) is 0 Å². The number of carbonyl (C=O) groups excluding carboxylic acids is 1. The highest BCUT2D eigenvalue weighted by Crippen LogP contribution is 2.36. The Balaban J connectivity index is 1.84. The van der Waals surface area contributed by atoms with Gasteiger partial charge in [-0.1, -0.05) is 36.4 Å². The van der Waals surface area contributed by atoms with Crippen LogP contribution in [0.1, 0.15) is 29.9 Å². The number of benzene rings is 2. The van der Waals surface area contributed by atoms with Crippen LogP contribution in [0.25, 0.3) is 0 Å². The van der Waals surface area contributed by atoms with Gasteiger partial charge in [0.2, 0.25) is 6.29 Å². The zero-order chi connectivity index (χ0) is 16.9. The molecule has 0 N–H and O–H groups in total. The minimum absolute atomic E-state index is 0.0647. The zero-order valence-electron chi connectivity index (χ0n) is 13.2. The SMILES string of the molecule is C/C=C/C(=O)OCc1cc(F)cc2c1O[C@H](c1ccccc1)OC2. The fourth-order valence-electron chi connectivity index (χ4n) is 2.49. The van der Waals surface area contributed by atoms with Crippen molar-refractivity contribution in [1.29, 1.82) is 0 Å². The van der Waals surface area contributed by atoms with Gasteiger partial charge in [0.1, 0.15) is 18.2 Å². The molecule has 0 aliphatic carbocycles. The third-order valence-corrected chi connectivity index (χ3v) is 3.57. The largest absolute Gasteiger partial charge is 0.460 e. The molecule has 124 valence electrons. The Bertz CT molecular complexity index is 755. The van der Waals surface area contributed by atoms with E-state index in [2.05, 4.69) is 0 Å². The van der Waals surface area contributed by atoms with Crippen LogP contribution in [0.5, 0.6) is 5.75 Å². The molecule has 1 atom stereocenters. The summed E-state index contributed by atoms with van der Waals surface area (Å²) in [4.78, 5) is 11.5. The molecule has 0 aromatic heterocycles. The first-order valence-corrected chi connectivity index (χ1v) is 7.61. The van der Waals surface area contributed by atoms with Crippen LogP contribution in [0.4, 0.5) is 4.39 Å². The Morgan fingerprint density at radius 2 is 2.12 bits per heavy atom. The summed E-state index contributed by atoms with van der Waals surface area (Å²) < 4.78 is 30.5. The number of carbonyl (C=O) groups is 1. The molecule has 1 aliphatic rings. The molecule has 2 aromatic carbocycles. The second-order valence-corrected chi connectivity index (χ2v) is 5.33. The number of esters is 1. The average molecular weight is 328 g/mol. The number of halogens is 1. The van der Waals surface area contributed by atoms with E-state index in [1.165, 1.54) is 18.2 Å². The summed E-state index contributed by atoms with van der Waals surface area (Å²) in [5.41, 5.74) is 1.94. The molecule has 3 rings (SSSR count). The van der Waals surface area contributed by atoms with Gasteiger partial charge in [-0.2, -0.15) is 0 Å². The summed E-state index contributed by atoms with van der Waals surface area (Å²) in [6.07, 6.45) is 2.32. The summed E-state index contributed by atoms with van der Waals surface area (Å²) in [6.45, 7) is 1.88. The lowest BCUT2D eigenvalue weighted by Crippen LogP contribution is -2.19. The zero-order valence-corrected chi connectivity index (χ0v) is 13.2. The molecule has 0 saturated heterocycles. The van der Waals surface area contributed by atoms with E-state index in [1.807, 2.05) is 30.3 Å². The smallest absolute Gasteiger partial charge is 0.330 e. The second-order valence-electron chi connectivity index (χ2n) is 5.33. The van der Waals surface area contributed by atoms with E-state index in [9.17, 15) is 9.18 Å². The van der Waals surface area contributed by atoms with Crippen molar-refractivity contribution in [3.63, 3.8) is 0 Å². The molecule has 0 radical (unpaired) electrons. The monoisotopic (exact) mass is 328 g/mol. The highest BCUT2D eigenvalue weighted by Gasteiger charge is 2.25. The first kappa shape index (κ1) is 16.2. The van der Waals surface area contributed by atoms with Crippen LogP contribution in [-0.2, 0) is 27.5 Å². The minimum Gasteiger partial charge on any atom is -0.460 e. The number of rotatable bonds is 4. The molecular formula is C19H17FO4. The molecule has 1 aliphatic heterocycles. The maximum absolute atomic E-state index is 13.8. The maximum Gasteiger partial charge on any atom is 0.330 e. The van der Waals surface area contributed by atoms with E-state index in [1.54, 1.807) is 13.0 Å². The van der Waals surface area contributed by atoms with E-state index in [0.29, 0.717) is 16.9 Å². The lowest BCUT2D eigenvalue weighted by Gasteiger charge is -2.28. The molecule has 0 fully saturated rings. The van der Waals surface area contributed by atoms with E-state index in [0.717, 1.165) is 5.56 Å². The molecule has 0 saturated carbocycles. The predicted molar refractivity (Wildman–Crippen MR) is 85.6 cm³/mol. The number of ether oxygens (including phenoxy) is 3. The van der Waals surface area contributed by atoms with Gasteiger partial charge >= 0.3 is 5.97 Å². The van der Waals surface area contributed by atoms with Gasteiger partial charge in [0, 0.05) is 22.8 Å². The molecule has 0 amide bonds. The molecule has 0 unspecified atom stereocenters. The summed E-state index contributed by atoms with van der Waals surface area (Å²) in [5.74, 6) is -0.400. The number of hydrogen-bond donors (Lipinski definition) is 0. The van der Waals surface area contributed by atoms with Crippen LogP contribution in [0.15, 0.2) is 54.6 Å². The summed E-state index contributed by atoms with van der Waals surface area (Å²) in [7, 11) is 0. The van der Waals surface area contributed by atoms with Crippen LogP contribution in [0.3, 0.4) is 0 Å². The van der Waals surface area contributed by atoms with Crippen LogP contribution >= 0.6 is 0 Å². The van der Waals surface area contributed by atoms with Gasteiger partial charge in [-0.25, -0.2) is 9.18 Å². The third-order valence-electron chi connectivity index (χ3n) is 3.57. The van der Waals surface area contributed by atoms with E-state index in [4.69, 9.17) is 14.2 Å². The quantitative estimate of drug-likeness (QED) is 0.627. The Kier molecular flexibility index (Phi) is 4.91. The fraction of sp³-hybridized carbons (Fsp3) is 0.211. The topological polar surface area (TPSA) is 44.8 Å². The Labute approximate surface area is 139 Å². The fourth-order valence-corrected chi connectivity index (χ4v) is 2.49. The van der Waals surface area contributed by atoms with Gasteiger partial charge < -0.3 is 14.2 Å². The molecule has 4 nitrogen and oxygen atoms in total. The van der Waals surface area contributed by atoms with Crippen LogP contribution in [0, 0.1) is 5.82 Å². The molecule has 5 heteroatoms. The highest BCUT2D eigenvalue weighted by molar-refractivity contribution is 5.81. The summed E-state index contributed by atoms with van der Waals surface area (Å²) >= 11 is 0. The van der Waals surface area contributed by atoms with E-state index >= 15 is 0 Å². The Morgan fingerprint density at radius 1 is 1.33 bits per heavy atom. The first-order chi connectivity index (χ1) is 11.7. The van der Waals surface area contributed by atoms with Gasteiger partial charge in [-0.05, 0) is 19.1 Å². The average Bonchev–Trinajstić information content (AvgIpc) is 2.60. The summed E-state index contributed by atoms with van der Waals surface area (Å²) in [5, 5.41) is 0. The molecule has 0 bridgehead atoms. The van der Waals surface area contributed by atoms with Crippen molar-refractivity contribution in [3.8, 4) is 5.75 Å². The maximum atomic E-state index is 13.8. The predicted octanol–water partition coefficient (Wildman–Crippen LogP) is 4.05. The number of fused-ring (bicyclic) bond motifs is 1. The van der Waals surface area contributed by atoms with Gasteiger partial charge in [-0.15, -0.1) is 0 Å². The van der Waals surface area contributed by atoms with Crippen molar-refractivity contribution in [2.45, 2.75) is 26.4 Å². The van der Waals surface area contributed by atoms with Crippen LogP contribution in [0.2, 0.25) is 0 Å². The van der Waals surface area contributed by atoms with Crippen molar-refractivity contribution in [2.75, 3.05) is 0 Å². The Morgan fingerprint density at radius 3 is 2.88 bits per heavy atom. The number of allylic oxidation sites excluding steroid dienone is 1. The lowest BCUT2D eigenvalue weighted by molar-refractivity contribution is -0.139. The number of hydrogen-bond acceptors (Lipinski definition) is 4. The molecule has 2 aromatic rings. The molecule has 1 heterocycles. The van der Waals surface area contributed by atoms with Crippen molar-refractivity contribution in [2.24, 2.45) is 0 Å². The molecule has 24 heavy (non-hydrogen) atoms. The Hall–Kier alpha value is -2.66. The van der Waals surface area contributed by atoms with Gasteiger partial charge in [0.05, 0.1) is 6.61 Å². The normalized spacial score (nSPS) is 16.5. The van der Waals surface area contributed by atoms with E-state index in [-0.39, 0.29) is 13.2 Å². The molecule has 0 spiro atoms. The standard InChI is InChI=1S/C19H17FO4/c1-2-6-17(21)22-11-14-9-16(20)10-15-12-23-19(24-18(14)15)13-7-4-3-5-8-13/h2-10,19H,11-12H2,1H3/b6-2+/t19-/m1/s1. The third kappa shape index (κ3) is 3.63. The summed E-state index contributed by atoms with van der Waals surface area (Å²) in [6, 6.07) is 12.2. The van der Waals surface area contributed by atoms with Crippen molar-refractivity contribution < 1.29 is 23.4 Å². The molecular weight excluding hydrogens is 311 g/mol. The van der Waals surface area contributed by atoms with Crippen LogP contribution in [-0.4, -0.2) is 5.97 Å². The van der Waals surface area contributed by atoms with Crippen molar-refractivity contribution in [3.05, 3.63) is 77.1 Å². The minimum atomic E-state index is -0.575. The highest BCUT2D eigenvalue weighted by atomic mass is 19.1. The van der Waals surface area contributed by atoms with Gasteiger partial charge in [0.15, 0.2) is 0 Å². The van der Waals surface area contributed by atoms with Crippen molar-refractivity contribution >= 4 is 5.97 Å². The second kappa shape index (κ2) is 7.27. The first-order valence-electron chi connectivity index (χ1n) is 7.61. The lowest BCUT2D eigenvalue weighted by atomic mass is 10.1. The van der Waals surface area contributed by atoms with E-state index < -0.39 is 18.1 Å². The van der Waals surface area contributed by atoms with Gasteiger partial charge in [-0.3, -0.25) is 0 Å². The van der Waals surface area contributed by atoms with Crippen LogP contribution < -0.4 is 4.74 Å². The van der Waals surface area contributed by atoms with Gasteiger partial charge in [0.25, 0.3) is 0 Å².